The van der Waals surface area contributed by atoms with Crippen molar-refractivity contribution in [3.05, 3.63) is 53.9 Å². The van der Waals surface area contributed by atoms with Gasteiger partial charge in [0, 0.05) is 25.1 Å². The Morgan fingerprint density at radius 1 is 1.21 bits per heavy atom. The van der Waals surface area contributed by atoms with Gasteiger partial charge in [0.25, 0.3) is 0 Å². The Kier molecular flexibility index (Phi) is 5.41. The lowest BCUT2D eigenvalue weighted by Crippen LogP contribution is -2.32. The fourth-order valence-electron chi connectivity index (χ4n) is 3.46. The van der Waals surface area contributed by atoms with Crippen LogP contribution in [0.25, 0.3) is 11.1 Å². The van der Waals surface area contributed by atoms with Gasteiger partial charge in [0.2, 0.25) is 5.91 Å². The first-order valence-corrected chi connectivity index (χ1v) is 9.64. The van der Waals surface area contributed by atoms with Gasteiger partial charge in [0.1, 0.15) is 12.9 Å². The molecule has 1 N–H and O–H groups in total. The molecule has 1 amide bonds. The van der Waals surface area contributed by atoms with Crippen molar-refractivity contribution in [2.45, 2.75) is 32.9 Å². The number of aryl methyl sites for hydroxylation is 2. The average Bonchev–Trinajstić information content (AvgIpc) is 3.13. The average molecular weight is 393 g/mol. The fourth-order valence-corrected chi connectivity index (χ4v) is 3.46. The lowest BCUT2D eigenvalue weighted by molar-refractivity contribution is -0.132. The molecule has 150 valence electrons. The molecule has 0 saturated carbocycles. The van der Waals surface area contributed by atoms with Crippen LogP contribution < -0.4 is 4.74 Å². The smallest absolute Gasteiger partial charge is 0.223 e. The molecule has 3 aromatic rings. The minimum Gasteiger partial charge on any atom is -0.504 e. The summed E-state index contributed by atoms with van der Waals surface area (Å²) in [6, 6.07) is 11.8. The molecule has 0 radical (unpaired) electrons. The highest BCUT2D eigenvalue weighted by molar-refractivity contribution is 5.77. The number of fused-ring (bicyclic) bond motifs is 1. The summed E-state index contributed by atoms with van der Waals surface area (Å²) >= 11 is 0. The SMILES string of the molecule is Cc1ccc(-c2cc(O)c3c(c2)CN(C(=O)CCCn2cnnn2)CCO3)cc1. The van der Waals surface area contributed by atoms with E-state index < -0.39 is 0 Å². The molecule has 1 aromatic heterocycles. The Hall–Kier alpha value is -3.42. The van der Waals surface area contributed by atoms with Crippen molar-refractivity contribution in [3.8, 4) is 22.6 Å². The zero-order valence-electron chi connectivity index (χ0n) is 16.3. The van der Waals surface area contributed by atoms with Gasteiger partial charge in [-0.2, -0.15) is 0 Å². The van der Waals surface area contributed by atoms with Crippen molar-refractivity contribution in [1.29, 1.82) is 0 Å². The summed E-state index contributed by atoms with van der Waals surface area (Å²) in [6.45, 7) is 3.88. The van der Waals surface area contributed by atoms with Crippen LogP contribution in [0.4, 0.5) is 0 Å². The number of phenols is 1. The molecule has 0 atom stereocenters. The second-order valence-electron chi connectivity index (χ2n) is 7.19. The zero-order chi connectivity index (χ0) is 20.2. The van der Waals surface area contributed by atoms with Gasteiger partial charge in [-0.3, -0.25) is 4.79 Å². The molecule has 2 aromatic carbocycles. The molecule has 8 heteroatoms. The maximum atomic E-state index is 12.7. The van der Waals surface area contributed by atoms with Gasteiger partial charge in [0.15, 0.2) is 11.5 Å². The second-order valence-corrected chi connectivity index (χ2v) is 7.19. The molecule has 0 fully saturated rings. The van der Waals surface area contributed by atoms with Crippen LogP contribution in [0.1, 0.15) is 24.0 Å². The number of hydrogen-bond donors (Lipinski definition) is 1. The van der Waals surface area contributed by atoms with Gasteiger partial charge in [-0.25, -0.2) is 4.68 Å². The van der Waals surface area contributed by atoms with Gasteiger partial charge < -0.3 is 14.7 Å². The molecule has 4 rings (SSSR count). The Balaban J connectivity index is 1.49. The Bertz CT molecular complexity index is 986. The van der Waals surface area contributed by atoms with E-state index in [4.69, 9.17) is 4.74 Å². The van der Waals surface area contributed by atoms with Crippen LogP contribution in [0.2, 0.25) is 0 Å². The van der Waals surface area contributed by atoms with E-state index in [1.165, 1.54) is 11.9 Å². The molecule has 0 aliphatic carbocycles. The Morgan fingerprint density at radius 3 is 2.79 bits per heavy atom. The summed E-state index contributed by atoms with van der Waals surface area (Å²) in [7, 11) is 0. The summed E-state index contributed by atoms with van der Waals surface area (Å²) in [5.74, 6) is 0.616. The highest BCUT2D eigenvalue weighted by atomic mass is 16.5. The highest BCUT2D eigenvalue weighted by Crippen LogP contribution is 2.37. The summed E-state index contributed by atoms with van der Waals surface area (Å²) in [5.41, 5.74) is 3.90. The first-order valence-electron chi connectivity index (χ1n) is 9.64. The minimum absolute atomic E-state index is 0.0507. The van der Waals surface area contributed by atoms with Crippen molar-refractivity contribution in [2.75, 3.05) is 13.2 Å². The van der Waals surface area contributed by atoms with Crippen LogP contribution in [-0.2, 0) is 17.9 Å². The third-order valence-electron chi connectivity index (χ3n) is 5.02. The number of hydrogen-bond acceptors (Lipinski definition) is 6. The van der Waals surface area contributed by atoms with Crippen LogP contribution in [0.15, 0.2) is 42.7 Å². The zero-order valence-corrected chi connectivity index (χ0v) is 16.3. The number of rotatable bonds is 5. The molecule has 0 saturated heterocycles. The maximum Gasteiger partial charge on any atom is 0.223 e. The van der Waals surface area contributed by atoms with Crippen molar-refractivity contribution in [1.82, 2.24) is 25.1 Å². The summed E-state index contributed by atoms with van der Waals surface area (Å²) in [5, 5.41) is 21.5. The van der Waals surface area contributed by atoms with Crippen molar-refractivity contribution in [3.63, 3.8) is 0 Å². The lowest BCUT2D eigenvalue weighted by Gasteiger charge is -2.20. The molecule has 8 nitrogen and oxygen atoms in total. The summed E-state index contributed by atoms with van der Waals surface area (Å²) in [4.78, 5) is 14.5. The van der Waals surface area contributed by atoms with Gasteiger partial charge in [-0.05, 0) is 47.0 Å². The maximum absolute atomic E-state index is 12.7. The van der Waals surface area contributed by atoms with E-state index in [0.717, 1.165) is 16.7 Å². The first kappa shape index (κ1) is 18.9. The molecule has 0 spiro atoms. The predicted molar refractivity (Wildman–Crippen MR) is 106 cm³/mol. The van der Waals surface area contributed by atoms with Crippen LogP contribution in [0.3, 0.4) is 0 Å². The number of tetrazole rings is 1. The van der Waals surface area contributed by atoms with E-state index in [2.05, 4.69) is 15.5 Å². The van der Waals surface area contributed by atoms with Crippen LogP contribution >= 0.6 is 0 Å². The molecule has 0 bridgehead atoms. The van der Waals surface area contributed by atoms with Gasteiger partial charge >= 0.3 is 0 Å². The molecule has 1 aliphatic heterocycles. The minimum atomic E-state index is 0.0507. The number of nitrogens with zero attached hydrogens (tertiary/aromatic N) is 5. The van der Waals surface area contributed by atoms with Crippen molar-refractivity contribution >= 4 is 5.91 Å². The number of amides is 1. The number of benzene rings is 2. The summed E-state index contributed by atoms with van der Waals surface area (Å²) < 4.78 is 7.37. The number of ether oxygens (including phenoxy) is 1. The molecule has 0 unspecified atom stereocenters. The van der Waals surface area contributed by atoms with Crippen LogP contribution in [-0.4, -0.2) is 49.3 Å². The first-order chi connectivity index (χ1) is 14.1. The Morgan fingerprint density at radius 2 is 2.03 bits per heavy atom. The highest BCUT2D eigenvalue weighted by Gasteiger charge is 2.22. The Labute approximate surface area is 168 Å². The van der Waals surface area contributed by atoms with Crippen LogP contribution in [0, 0.1) is 6.92 Å². The molecular weight excluding hydrogens is 370 g/mol. The molecule has 2 heterocycles. The number of carbonyl (C=O) groups excluding carboxylic acids is 1. The number of aromatic hydroxyl groups is 1. The third kappa shape index (κ3) is 4.37. The molecular formula is C21H23N5O3. The van der Waals surface area contributed by atoms with Gasteiger partial charge in [0.05, 0.1) is 6.54 Å². The normalized spacial score (nSPS) is 13.5. The largest absolute Gasteiger partial charge is 0.504 e. The van der Waals surface area contributed by atoms with E-state index >= 15 is 0 Å². The van der Waals surface area contributed by atoms with Crippen molar-refractivity contribution < 1.29 is 14.6 Å². The van der Waals surface area contributed by atoms with E-state index in [0.29, 0.717) is 44.8 Å². The number of carbonyl (C=O) groups is 1. The van der Waals surface area contributed by atoms with Gasteiger partial charge in [-0.15, -0.1) is 5.10 Å². The molecule has 1 aliphatic rings. The van der Waals surface area contributed by atoms with E-state index in [9.17, 15) is 9.90 Å². The third-order valence-corrected chi connectivity index (χ3v) is 5.02. The second kappa shape index (κ2) is 8.30. The standard InChI is InChI=1S/C21H23N5O3/c1-15-4-6-16(7-5-15)17-11-18-13-25(9-10-29-21(18)19(27)12-17)20(28)3-2-8-26-14-22-23-24-26/h4-7,11-12,14,27H,2-3,8-10,13H2,1H3. The molecule has 29 heavy (non-hydrogen) atoms. The number of aromatic nitrogens is 4. The predicted octanol–water partition coefficient (Wildman–Crippen LogP) is 2.56. The summed E-state index contributed by atoms with van der Waals surface area (Å²) in [6.07, 6.45) is 2.59. The topological polar surface area (TPSA) is 93.4 Å². The van der Waals surface area contributed by atoms with Gasteiger partial charge in [-0.1, -0.05) is 29.8 Å². The fraction of sp³-hybridized carbons (Fsp3) is 0.333. The lowest BCUT2D eigenvalue weighted by atomic mass is 10.0. The van der Waals surface area contributed by atoms with Crippen molar-refractivity contribution in [2.24, 2.45) is 0 Å². The van der Waals surface area contributed by atoms with E-state index in [1.54, 1.807) is 15.6 Å². The quantitative estimate of drug-likeness (QED) is 0.716. The number of phenolic OH excluding ortho intramolecular Hbond substituents is 1. The monoisotopic (exact) mass is 393 g/mol. The van der Waals surface area contributed by atoms with E-state index in [1.807, 2.05) is 37.3 Å². The van der Waals surface area contributed by atoms with Crippen LogP contribution in [0.5, 0.6) is 11.5 Å². The van der Waals surface area contributed by atoms with E-state index in [-0.39, 0.29) is 11.7 Å².